The highest BCUT2D eigenvalue weighted by Gasteiger charge is 2.13. The second-order valence-electron chi connectivity index (χ2n) is 5.12. The first-order valence-corrected chi connectivity index (χ1v) is 9.69. The number of hydrogen-bond donors (Lipinski definition) is 1. The van der Waals surface area contributed by atoms with Crippen LogP contribution in [0.25, 0.3) is 10.9 Å². The van der Waals surface area contributed by atoms with Crippen LogP contribution in [0.15, 0.2) is 34.7 Å². The average molecular weight is 405 g/mol. The van der Waals surface area contributed by atoms with Crippen molar-refractivity contribution < 1.29 is 9.53 Å². The fourth-order valence-electron chi connectivity index (χ4n) is 2.19. The van der Waals surface area contributed by atoms with Crippen LogP contribution in [0.3, 0.4) is 0 Å². The Morgan fingerprint density at radius 3 is 3.12 bits per heavy atom. The lowest BCUT2D eigenvalue weighted by Crippen LogP contribution is -2.20. The number of thiazole rings is 1. The van der Waals surface area contributed by atoms with Crippen molar-refractivity contribution in [3.8, 4) is 11.8 Å². The lowest BCUT2D eigenvalue weighted by atomic mass is 10.2. The quantitative estimate of drug-likeness (QED) is 0.616. The van der Waals surface area contributed by atoms with Crippen LogP contribution in [0.4, 0.5) is 5.13 Å². The Morgan fingerprint density at radius 1 is 1.46 bits per heavy atom. The molecule has 1 N–H and O–H groups in total. The van der Waals surface area contributed by atoms with Gasteiger partial charge in [-0.1, -0.05) is 34.7 Å². The highest BCUT2D eigenvalue weighted by atomic mass is 35.5. The number of amides is 1. The molecule has 0 saturated carbocycles. The second kappa shape index (κ2) is 8.36. The normalized spacial score (nSPS) is 10.5. The minimum absolute atomic E-state index is 0.174. The monoisotopic (exact) mass is 404 g/mol. The number of anilines is 1. The average Bonchev–Trinajstić information content (AvgIpc) is 2.98. The third-order valence-electron chi connectivity index (χ3n) is 3.31. The van der Waals surface area contributed by atoms with Gasteiger partial charge in [-0.15, -0.1) is 0 Å². The van der Waals surface area contributed by atoms with E-state index in [-0.39, 0.29) is 12.5 Å². The molecule has 132 valence electrons. The van der Waals surface area contributed by atoms with E-state index in [1.165, 1.54) is 23.1 Å². The van der Waals surface area contributed by atoms with E-state index < -0.39 is 0 Å². The minimum Gasteiger partial charge on any atom is -0.481 e. The number of ether oxygens (including phenoxy) is 1. The summed E-state index contributed by atoms with van der Waals surface area (Å²) < 4.78 is 6.52. The topological polar surface area (TPSA) is 87.9 Å². The van der Waals surface area contributed by atoms with Crippen LogP contribution in [0, 0.1) is 18.3 Å². The van der Waals surface area contributed by atoms with E-state index in [4.69, 9.17) is 21.6 Å². The van der Waals surface area contributed by atoms with Gasteiger partial charge in [-0.25, -0.2) is 4.98 Å². The lowest BCUT2D eigenvalue weighted by Gasteiger charge is -2.09. The van der Waals surface area contributed by atoms with Crippen molar-refractivity contribution in [2.75, 3.05) is 17.7 Å². The van der Waals surface area contributed by atoms with E-state index in [0.717, 1.165) is 15.3 Å². The fraction of sp³-hybridized carbons (Fsp3) is 0.176. The van der Waals surface area contributed by atoms with Crippen LogP contribution in [-0.2, 0) is 4.79 Å². The molecular weight excluding hydrogens is 392 g/mol. The van der Waals surface area contributed by atoms with Gasteiger partial charge in [-0.05, 0) is 31.2 Å². The molecule has 0 aliphatic carbocycles. The summed E-state index contributed by atoms with van der Waals surface area (Å²) in [5, 5.41) is 13.2. The fourth-order valence-corrected chi connectivity index (χ4v) is 4.23. The van der Waals surface area contributed by atoms with Crippen LogP contribution in [0.5, 0.6) is 5.75 Å². The molecule has 0 aliphatic heterocycles. The number of fused-ring (bicyclic) bond motifs is 1. The van der Waals surface area contributed by atoms with Crippen molar-refractivity contribution in [3.05, 3.63) is 41.2 Å². The lowest BCUT2D eigenvalue weighted by molar-refractivity contribution is -0.118. The van der Waals surface area contributed by atoms with Gasteiger partial charge in [-0.3, -0.25) is 15.1 Å². The summed E-state index contributed by atoms with van der Waals surface area (Å²) in [6.07, 6.45) is 1.64. The first kappa shape index (κ1) is 18.5. The maximum absolute atomic E-state index is 12.1. The van der Waals surface area contributed by atoms with E-state index in [0.29, 0.717) is 27.2 Å². The molecule has 3 aromatic rings. The summed E-state index contributed by atoms with van der Waals surface area (Å²) in [4.78, 5) is 20.7. The third-order valence-corrected chi connectivity index (χ3v) is 5.94. The van der Waals surface area contributed by atoms with E-state index in [2.05, 4.69) is 21.4 Å². The van der Waals surface area contributed by atoms with Crippen molar-refractivity contribution in [1.82, 2.24) is 9.97 Å². The molecule has 2 heterocycles. The Balaban J connectivity index is 1.65. The molecule has 2 aromatic heterocycles. The van der Waals surface area contributed by atoms with Gasteiger partial charge in [0.1, 0.15) is 11.3 Å². The van der Waals surface area contributed by atoms with Gasteiger partial charge < -0.3 is 4.74 Å². The number of nitrogens with one attached hydrogen (secondary N) is 1. The largest absolute Gasteiger partial charge is 0.481 e. The van der Waals surface area contributed by atoms with Crippen LogP contribution >= 0.6 is 34.7 Å². The zero-order chi connectivity index (χ0) is 18.5. The Hall–Kier alpha value is -2.34. The smallest absolute Gasteiger partial charge is 0.264 e. The minimum atomic E-state index is -0.324. The van der Waals surface area contributed by atoms with Gasteiger partial charge in [-0.2, -0.15) is 5.26 Å². The molecule has 0 fully saturated rings. The number of benzene rings is 1. The molecular formula is C17H13ClN4O2S2. The van der Waals surface area contributed by atoms with Gasteiger partial charge >= 0.3 is 0 Å². The van der Waals surface area contributed by atoms with Gasteiger partial charge in [0, 0.05) is 11.6 Å². The number of carbonyl (C=O) groups excluding carboxylic acids is 1. The second-order valence-corrected chi connectivity index (χ2v) is 7.77. The number of aromatic nitrogens is 2. The molecule has 0 spiro atoms. The van der Waals surface area contributed by atoms with Gasteiger partial charge in [0.2, 0.25) is 0 Å². The number of hydrogen-bond acceptors (Lipinski definition) is 7. The van der Waals surface area contributed by atoms with Crippen molar-refractivity contribution in [2.24, 2.45) is 0 Å². The van der Waals surface area contributed by atoms with Crippen LogP contribution in [0.2, 0.25) is 5.02 Å². The van der Waals surface area contributed by atoms with E-state index in [1.807, 2.05) is 13.0 Å². The molecule has 9 heteroatoms. The molecule has 0 saturated heterocycles. The Morgan fingerprint density at radius 2 is 2.31 bits per heavy atom. The molecule has 1 aromatic carbocycles. The number of halogens is 1. The number of rotatable bonds is 6. The van der Waals surface area contributed by atoms with E-state index in [9.17, 15) is 4.79 Å². The molecule has 0 unspecified atom stereocenters. The summed E-state index contributed by atoms with van der Waals surface area (Å²) in [5.41, 5.74) is 1.40. The maximum atomic E-state index is 12.1. The van der Waals surface area contributed by atoms with Gasteiger partial charge in [0.15, 0.2) is 11.7 Å². The Bertz CT molecular complexity index is 1000. The Labute approximate surface area is 163 Å². The SMILES string of the molecule is Cc1nc(NC(=O)COc2ccc(Cl)c3cccnc23)sc1SCC#N. The number of thioether (sulfide) groups is 1. The van der Waals surface area contributed by atoms with Crippen molar-refractivity contribution in [1.29, 1.82) is 5.26 Å². The first-order chi connectivity index (χ1) is 12.6. The van der Waals surface area contributed by atoms with Crippen LogP contribution in [-0.4, -0.2) is 28.2 Å². The number of nitriles is 1. The predicted molar refractivity (Wildman–Crippen MR) is 104 cm³/mol. The van der Waals surface area contributed by atoms with Crippen LogP contribution in [0.1, 0.15) is 5.69 Å². The molecule has 26 heavy (non-hydrogen) atoms. The molecule has 0 bridgehead atoms. The summed E-state index contributed by atoms with van der Waals surface area (Å²) in [6, 6.07) is 9.10. The summed E-state index contributed by atoms with van der Waals surface area (Å²) >= 11 is 8.89. The zero-order valence-corrected chi connectivity index (χ0v) is 16.0. The molecule has 0 aliphatic rings. The van der Waals surface area contributed by atoms with Crippen LogP contribution < -0.4 is 10.1 Å². The first-order valence-electron chi connectivity index (χ1n) is 7.51. The van der Waals surface area contributed by atoms with E-state index in [1.54, 1.807) is 24.4 Å². The van der Waals surface area contributed by atoms with Gasteiger partial charge in [0.25, 0.3) is 5.91 Å². The summed E-state index contributed by atoms with van der Waals surface area (Å²) in [6.45, 7) is 1.67. The molecule has 3 rings (SSSR count). The number of nitrogens with zero attached hydrogens (tertiary/aromatic N) is 3. The summed E-state index contributed by atoms with van der Waals surface area (Å²) in [7, 11) is 0. The summed E-state index contributed by atoms with van der Waals surface area (Å²) in [5.74, 6) is 0.506. The molecule has 0 radical (unpaired) electrons. The van der Waals surface area contributed by atoms with Crippen molar-refractivity contribution >= 4 is 56.6 Å². The van der Waals surface area contributed by atoms with E-state index >= 15 is 0 Å². The zero-order valence-electron chi connectivity index (χ0n) is 13.7. The predicted octanol–water partition coefficient (Wildman–Crippen LogP) is 4.29. The standard InChI is InChI=1S/C17H13ClN4O2S2/c1-10-16(25-8-6-19)26-17(21-10)22-14(23)9-24-13-5-4-12(18)11-3-2-7-20-15(11)13/h2-5,7H,8-9H2,1H3,(H,21,22,23). The molecule has 1 amide bonds. The highest BCUT2D eigenvalue weighted by Crippen LogP contribution is 2.32. The highest BCUT2D eigenvalue weighted by molar-refractivity contribution is 8.01. The molecule has 6 nitrogen and oxygen atoms in total. The number of aryl methyl sites for hydroxylation is 1. The van der Waals surface area contributed by atoms with Crippen molar-refractivity contribution in [2.45, 2.75) is 11.1 Å². The number of carbonyl (C=O) groups is 1. The number of pyridine rings is 1. The molecule has 0 atom stereocenters. The third kappa shape index (κ3) is 4.25. The maximum Gasteiger partial charge on any atom is 0.264 e. The van der Waals surface area contributed by atoms with Gasteiger partial charge in [0.05, 0.1) is 26.7 Å². The Kier molecular flexibility index (Phi) is 5.93. The van der Waals surface area contributed by atoms with Crippen molar-refractivity contribution in [3.63, 3.8) is 0 Å².